The summed E-state index contributed by atoms with van der Waals surface area (Å²) in [6, 6.07) is 9.32. The Morgan fingerprint density at radius 2 is 2.05 bits per heavy atom. The summed E-state index contributed by atoms with van der Waals surface area (Å²) in [6.07, 6.45) is 0.634. The van der Waals surface area contributed by atoms with Gasteiger partial charge >= 0.3 is 0 Å². The lowest BCUT2D eigenvalue weighted by Gasteiger charge is -2.23. The molecule has 0 aliphatic carbocycles. The maximum Gasteiger partial charge on any atom is 0.226 e. The third-order valence-electron chi connectivity index (χ3n) is 3.16. The molecule has 0 aromatic heterocycles. The van der Waals surface area contributed by atoms with E-state index in [1.54, 1.807) is 0 Å². The summed E-state index contributed by atoms with van der Waals surface area (Å²) in [7, 11) is 0. The first-order valence-electron chi connectivity index (χ1n) is 7.17. The van der Waals surface area contributed by atoms with Crippen molar-refractivity contribution < 1.29 is 14.3 Å². The highest BCUT2D eigenvalue weighted by atomic mass is 16.5. The van der Waals surface area contributed by atoms with Gasteiger partial charge in [0.15, 0.2) is 0 Å². The minimum absolute atomic E-state index is 0.0643. The molecule has 1 atom stereocenters. The zero-order valence-corrected chi connectivity index (χ0v) is 11.9. The Kier molecular flexibility index (Phi) is 6.18. The maximum atomic E-state index is 11.7. The standard InChI is InChI=1S/C15H21N3O3/c19-14(18-12-4-2-1-3-5-12)6-7-17-15(20)10-13-11-21-9-8-16-13/h1-5,13,16H,6-11H2,(H,17,20)(H,18,19). The zero-order valence-electron chi connectivity index (χ0n) is 11.9. The Labute approximate surface area is 124 Å². The first kappa shape index (κ1) is 15.5. The molecule has 6 nitrogen and oxygen atoms in total. The number of rotatable bonds is 6. The topological polar surface area (TPSA) is 79.5 Å². The van der Waals surface area contributed by atoms with Gasteiger partial charge in [-0.2, -0.15) is 0 Å². The van der Waals surface area contributed by atoms with Gasteiger partial charge < -0.3 is 20.7 Å². The first-order valence-corrected chi connectivity index (χ1v) is 7.17. The monoisotopic (exact) mass is 291 g/mol. The van der Waals surface area contributed by atoms with Crippen LogP contribution in [0.15, 0.2) is 30.3 Å². The van der Waals surface area contributed by atoms with E-state index in [0.717, 1.165) is 12.2 Å². The van der Waals surface area contributed by atoms with Crippen LogP contribution in [0.4, 0.5) is 5.69 Å². The van der Waals surface area contributed by atoms with E-state index >= 15 is 0 Å². The molecule has 0 spiro atoms. The number of benzene rings is 1. The van der Waals surface area contributed by atoms with Crippen LogP contribution in [0.3, 0.4) is 0 Å². The Morgan fingerprint density at radius 3 is 2.76 bits per heavy atom. The van der Waals surface area contributed by atoms with Gasteiger partial charge in [0.1, 0.15) is 0 Å². The number of morpholine rings is 1. The van der Waals surface area contributed by atoms with Crippen molar-refractivity contribution in [1.82, 2.24) is 10.6 Å². The van der Waals surface area contributed by atoms with Gasteiger partial charge in [-0.25, -0.2) is 0 Å². The van der Waals surface area contributed by atoms with Crippen LogP contribution in [0.25, 0.3) is 0 Å². The Bertz CT molecular complexity index is 458. The minimum atomic E-state index is -0.111. The normalized spacial score (nSPS) is 18.0. The van der Waals surface area contributed by atoms with Crippen LogP contribution >= 0.6 is 0 Å². The van der Waals surface area contributed by atoms with Crippen molar-refractivity contribution >= 4 is 17.5 Å². The quantitative estimate of drug-likeness (QED) is 0.713. The molecule has 1 unspecified atom stereocenters. The predicted octanol–water partition coefficient (Wildman–Crippen LogP) is 0.510. The van der Waals surface area contributed by atoms with E-state index in [4.69, 9.17) is 4.74 Å². The van der Waals surface area contributed by atoms with E-state index in [1.165, 1.54) is 0 Å². The molecule has 114 valence electrons. The van der Waals surface area contributed by atoms with Gasteiger partial charge in [0, 0.05) is 37.7 Å². The molecule has 21 heavy (non-hydrogen) atoms. The number of para-hydroxylation sites is 1. The summed E-state index contributed by atoms with van der Waals surface area (Å²) >= 11 is 0. The summed E-state index contributed by atoms with van der Waals surface area (Å²) in [5.41, 5.74) is 0.761. The molecule has 3 N–H and O–H groups in total. The summed E-state index contributed by atoms with van der Waals surface area (Å²) in [5.74, 6) is -0.175. The van der Waals surface area contributed by atoms with Crippen molar-refractivity contribution in [2.75, 3.05) is 31.6 Å². The average Bonchev–Trinajstić information content (AvgIpc) is 2.49. The van der Waals surface area contributed by atoms with Crippen molar-refractivity contribution in [3.05, 3.63) is 30.3 Å². The highest BCUT2D eigenvalue weighted by Crippen LogP contribution is 2.05. The second-order valence-corrected chi connectivity index (χ2v) is 4.94. The van der Waals surface area contributed by atoms with Crippen molar-refractivity contribution in [3.8, 4) is 0 Å². The lowest BCUT2D eigenvalue weighted by atomic mass is 10.2. The number of hydrogen-bond acceptors (Lipinski definition) is 4. The zero-order chi connectivity index (χ0) is 14.9. The molecular weight excluding hydrogens is 270 g/mol. The van der Waals surface area contributed by atoms with E-state index in [-0.39, 0.29) is 24.3 Å². The number of carbonyl (C=O) groups excluding carboxylic acids is 2. The van der Waals surface area contributed by atoms with Crippen LogP contribution in [-0.4, -0.2) is 44.2 Å². The van der Waals surface area contributed by atoms with Gasteiger partial charge in [-0.1, -0.05) is 18.2 Å². The van der Waals surface area contributed by atoms with Gasteiger partial charge in [0.25, 0.3) is 0 Å². The SMILES string of the molecule is O=C(CC1COCCN1)NCCC(=O)Nc1ccccc1. The van der Waals surface area contributed by atoms with Gasteiger partial charge in [0.2, 0.25) is 11.8 Å². The molecule has 0 bridgehead atoms. The second-order valence-electron chi connectivity index (χ2n) is 4.94. The number of hydrogen-bond donors (Lipinski definition) is 3. The third kappa shape index (κ3) is 5.93. The minimum Gasteiger partial charge on any atom is -0.378 e. The Morgan fingerprint density at radius 1 is 1.24 bits per heavy atom. The summed E-state index contributed by atoms with van der Waals surface area (Å²) in [4.78, 5) is 23.4. The van der Waals surface area contributed by atoms with Gasteiger partial charge in [-0.15, -0.1) is 0 Å². The van der Waals surface area contributed by atoms with Crippen molar-refractivity contribution in [1.29, 1.82) is 0 Å². The third-order valence-corrected chi connectivity index (χ3v) is 3.16. The van der Waals surface area contributed by atoms with Crippen LogP contribution in [0, 0.1) is 0 Å². The van der Waals surface area contributed by atoms with E-state index in [1.807, 2.05) is 30.3 Å². The van der Waals surface area contributed by atoms with Crippen LogP contribution in [0.5, 0.6) is 0 Å². The Hall–Kier alpha value is -1.92. The molecule has 1 heterocycles. The highest BCUT2D eigenvalue weighted by Gasteiger charge is 2.16. The molecule has 1 aliphatic heterocycles. The van der Waals surface area contributed by atoms with E-state index in [0.29, 0.717) is 26.2 Å². The summed E-state index contributed by atoms with van der Waals surface area (Å²) < 4.78 is 5.29. The second kappa shape index (κ2) is 8.39. The molecule has 1 aromatic rings. The van der Waals surface area contributed by atoms with E-state index in [9.17, 15) is 9.59 Å². The van der Waals surface area contributed by atoms with Gasteiger partial charge in [-0.3, -0.25) is 9.59 Å². The molecular formula is C15H21N3O3. The molecule has 2 amide bonds. The molecule has 6 heteroatoms. The number of carbonyl (C=O) groups is 2. The smallest absolute Gasteiger partial charge is 0.226 e. The van der Waals surface area contributed by atoms with Crippen molar-refractivity contribution in [2.24, 2.45) is 0 Å². The average molecular weight is 291 g/mol. The Balaban J connectivity index is 1.60. The largest absolute Gasteiger partial charge is 0.378 e. The fraction of sp³-hybridized carbons (Fsp3) is 0.467. The number of ether oxygens (including phenoxy) is 1. The van der Waals surface area contributed by atoms with Crippen LogP contribution in [0.1, 0.15) is 12.8 Å². The van der Waals surface area contributed by atoms with Crippen LogP contribution < -0.4 is 16.0 Å². The first-order chi connectivity index (χ1) is 10.2. The number of amides is 2. The fourth-order valence-electron chi connectivity index (χ4n) is 2.11. The number of nitrogens with one attached hydrogen (secondary N) is 3. The van der Waals surface area contributed by atoms with Gasteiger partial charge in [-0.05, 0) is 12.1 Å². The van der Waals surface area contributed by atoms with E-state index in [2.05, 4.69) is 16.0 Å². The van der Waals surface area contributed by atoms with Gasteiger partial charge in [0.05, 0.1) is 13.2 Å². The van der Waals surface area contributed by atoms with Crippen molar-refractivity contribution in [3.63, 3.8) is 0 Å². The molecule has 1 aromatic carbocycles. The molecule has 2 rings (SSSR count). The fourth-order valence-corrected chi connectivity index (χ4v) is 2.11. The van der Waals surface area contributed by atoms with Crippen LogP contribution in [-0.2, 0) is 14.3 Å². The highest BCUT2D eigenvalue weighted by molar-refractivity contribution is 5.91. The molecule has 0 saturated carbocycles. The molecule has 1 aliphatic rings. The lowest BCUT2D eigenvalue weighted by molar-refractivity contribution is -0.122. The number of anilines is 1. The van der Waals surface area contributed by atoms with Crippen molar-refractivity contribution in [2.45, 2.75) is 18.9 Å². The summed E-state index contributed by atoms with van der Waals surface area (Å²) in [5, 5.41) is 8.74. The predicted molar refractivity (Wildman–Crippen MR) is 79.9 cm³/mol. The molecule has 1 fully saturated rings. The summed E-state index contributed by atoms with van der Waals surface area (Å²) in [6.45, 7) is 2.36. The maximum absolute atomic E-state index is 11.7. The molecule has 1 saturated heterocycles. The molecule has 0 radical (unpaired) electrons. The lowest BCUT2D eigenvalue weighted by Crippen LogP contribution is -2.44. The van der Waals surface area contributed by atoms with E-state index < -0.39 is 0 Å². The van der Waals surface area contributed by atoms with Crippen LogP contribution in [0.2, 0.25) is 0 Å².